The van der Waals surface area contributed by atoms with E-state index in [-0.39, 0.29) is 17.5 Å². The Morgan fingerprint density at radius 3 is 2.70 bits per heavy atom. The van der Waals surface area contributed by atoms with Crippen molar-refractivity contribution in [2.75, 3.05) is 18.1 Å². The molecule has 1 aromatic heterocycles. The number of para-hydroxylation sites is 1. The van der Waals surface area contributed by atoms with Crippen LogP contribution >= 0.6 is 0 Å². The average molecular weight is 371 g/mol. The molecule has 0 aliphatic carbocycles. The molecule has 0 spiro atoms. The topological polar surface area (TPSA) is 94.8 Å². The highest BCUT2D eigenvalue weighted by molar-refractivity contribution is 5.99. The first-order valence-electron chi connectivity index (χ1n) is 8.91. The number of aromatic nitrogens is 1. The number of carbonyl (C=O) groups is 1. The van der Waals surface area contributed by atoms with Crippen LogP contribution < -0.4 is 14.4 Å². The molecular formula is C19H21N3O5. The van der Waals surface area contributed by atoms with Gasteiger partial charge in [0.15, 0.2) is 11.9 Å². The normalized spacial score (nSPS) is 15.8. The van der Waals surface area contributed by atoms with Gasteiger partial charge >= 0.3 is 5.82 Å². The van der Waals surface area contributed by atoms with E-state index in [1.807, 2.05) is 37.3 Å². The van der Waals surface area contributed by atoms with E-state index in [0.29, 0.717) is 31.7 Å². The lowest BCUT2D eigenvalue weighted by molar-refractivity contribution is -0.389. The summed E-state index contributed by atoms with van der Waals surface area (Å²) in [6, 6.07) is 12.3. The molecule has 1 aliphatic rings. The monoisotopic (exact) mass is 371 g/mol. The van der Waals surface area contributed by atoms with Crippen LogP contribution in [-0.4, -0.2) is 35.1 Å². The van der Waals surface area contributed by atoms with Crippen LogP contribution in [0.1, 0.15) is 26.2 Å². The van der Waals surface area contributed by atoms with E-state index in [4.69, 9.17) is 9.47 Å². The van der Waals surface area contributed by atoms with Crippen LogP contribution in [0.25, 0.3) is 0 Å². The number of carbonyl (C=O) groups excluding carboxylic acids is 1. The van der Waals surface area contributed by atoms with Crippen LogP contribution in [0.3, 0.4) is 0 Å². The van der Waals surface area contributed by atoms with Gasteiger partial charge in [0.25, 0.3) is 11.7 Å². The van der Waals surface area contributed by atoms with E-state index in [1.165, 1.54) is 17.0 Å². The summed E-state index contributed by atoms with van der Waals surface area (Å²) >= 11 is 0. The second kappa shape index (κ2) is 8.48. The molecular weight excluding hydrogens is 350 g/mol. The SMILES string of the molecule is CCC1Oc2ccc([N+](=O)[O-])nc2N(CCCCOc2ccccc2)C1=O. The summed E-state index contributed by atoms with van der Waals surface area (Å²) in [5, 5.41) is 11.0. The highest BCUT2D eigenvalue weighted by atomic mass is 16.6. The van der Waals surface area contributed by atoms with E-state index in [2.05, 4.69) is 4.98 Å². The summed E-state index contributed by atoms with van der Waals surface area (Å²) in [6.45, 7) is 2.78. The molecule has 27 heavy (non-hydrogen) atoms. The average Bonchev–Trinajstić information content (AvgIpc) is 2.69. The number of amides is 1. The van der Waals surface area contributed by atoms with Gasteiger partial charge in [-0.3, -0.25) is 9.69 Å². The van der Waals surface area contributed by atoms with Gasteiger partial charge in [0.05, 0.1) is 6.61 Å². The Balaban J connectivity index is 1.65. The van der Waals surface area contributed by atoms with Gasteiger partial charge in [-0.05, 0) is 47.4 Å². The molecule has 1 aromatic carbocycles. The fourth-order valence-electron chi connectivity index (χ4n) is 2.85. The Bertz CT molecular complexity index is 812. The van der Waals surface area contributed by atoms with Gasteiger partial charge in [0, 0.05) is 12.6 Å². The van der Waals surface area contributed by atoms with Crippen molar-refractivity contribution in [3.8, 4) is 11.5 Å². The van der Waals surface area contributed by atoms with Crippen LogP contribution in [0.5, 0.6) is 11.5 Å². The third-order valence-corrected chi connectivity index (χ3v) is 4.24. The smallest absolute Gasteiger partial charge is 0.366 e. The van der Waals surface area contributed by atoms with Crippen molar-refractivity contribution < 1.29 is 19.2 Å². The number of unbranched alkanes of at least 4 members (excludes halogenated alkanes) is 1. The van der Waals surface area contributed by atoms with E-state index < -0.39 is 11.0 Å². The van der Waals surface area contributed by atoms with Crippen molar-refractivity contribution >= 4 is 17.5 Å². The zero-order valence-electron chi connectivity index (χ0n) is 15.0. The summed E-state index contributed by atoms with van der Waals surface area (Å²) in [5.74, 6) is 0.878. The Morgan fingerprint density at radius 1 is 1.22 bits per heavy atom. The van der Waals surface area contributed by atoms with Crippen LogP contribution in [0, 0.1) is 10.1 Å². The van der Waals surface area contributed by atoms with Crippen LogP contribution in [-0.2, 0) is 4.79 Å². The molecule has 2 aromatic rings. The molecule has 1 aliphatic heterocycles. The highest BCUT2D eigenvalue weighted by Crippen LogP contribution is 2.34. The summed E-state index contributed by atoms with van der Waals surface area (Å²) in [4.78, 5) is 28.6. The van der Waals surface area contributed by atoms with Crippen molar-refractivity contribution in [3.05, 3.63) is 52.6 Å². The minimum absolute atomic E-state index is 0.211. The molecule has 0 bridgehead atoms. The summed E-state index contributed by atoms with van der Waals surface area (Å²) < 4.78 is 11.3. The lowest BCUT2D eigenvalue weighted by Crippen LogP contribution is -2.46. The molecule has 0 N–H and O–H groups in total. The molecule has 1 amide bonds. The fraction of sp³-hybridized carbons (Fsp3) is 0.368. The number of rotatable bonds is 8. The van der Waals surface area contributed by atoms with E-state index >= 15 is 0 Å². The van der Waals surface area contributed by atoms with Gasteiger partial charge in [0.1, 0.15) is 5.75 Å². The van der Waals surface area contributed by atoms with E-state index in [9.17, 15) is 14.9 Å². The number of nitrogens with zero attached hydrogens (tertiary/aromatic N) is 3. The van der Waals surface area contributed by atoms with Gasteiger partial charge in [-0.25, -0.2) is 0 Å². The first kappa shape index (κ1) is 18.6. The van der Waals surface area contributed by atoms with Crippen molar-refractivity contribution in [2.24, 2.45) is 0 Å². The third-order valence-electron chi connectivity index (χ3n) is 4.24. The minimum Gasteiger partial charge on any atom is -0.494 e. The summed E-state index contributed by atoms with van der Waals surface area (Å²) in [7, 11) is 0. The van der Waals surface area contributed by atoms with Crippen LogP contribution in [0.15, 0.2) is 42.5 Å². The molecule has 2 heterocycles. The standard InChI is InChI=1S/C19H21N3O5/c1-2-15-19(23)21(12-6-7-13-26-14-8-4-3-5-9-14)18-16(27-15)10-11-17(20-18)22(24)25/h3-5,8-11,15H,2,6-7,12-13H2,1H3. The van der Waals surface area contributed by atoms with Crippen molar-refractivity contribution in [2.45, 2.75) is 32.3 Å². The van der Waals surface area contributed by atoms with Crippen molar-refractivity contribution in [3.63, 3.8) is 0 Å². The number of benzene rings is 1. The van der Waals surface area contributed by atoms with Crippen molar-refractivity contribution in [1.82, 2.24) is 4.98 Å². The quantitative estimate of drug-likeness (QED) is 0.401. The maximum Gasteiger partial charge on any atom is 0.366 e. The first-order valence-corrected chi connectivity index (χ1v) is 8.91. The largest absolute Gasteiger partial charge is 0.494 e. The molecule has 1 atom stereocenters. The minimum atomic E-state index is -0.596. The fourth-order valence-corrected chi connectivity index (χ4v) is 2.85. The molecule has 1 unspecified atom stereocenters. The molecule has 0 fully saturated rings. The number of fused-ring (bicyclic) bond motifs is 1. The van der Waals surface area contributed by atoms with Gasteiger partial charge < -0.3 is 19.6 Å². The lowest BCUT2D eigenvalue weighted by atomic mass is 10.1. The molecule has 0 radical (unpaired) electrons. The second-order valence-corrected chi connectivity index (χ2v) is 6.12. The molecule has 8 nitrogen and oxygen atoms in total. The summed E-state index contributed by atoms with van der Waals surface area (Å²) in [5.41, 5.74) is 0. The van der Waals surface area contributed by atoms with Gasteiger partial charge in [-0.2, -0.15) is 0 Å². The number of hydrogen-bond acceptors (Lipinski definition) is 6. The maximum atomic E-state index is 12.6. The zero-order valence-corrected chi connectivity index (χ0v) is 15.0. The lowest BCUT2D eigenvalue weighted by Gasteiger charge is -2.30. The van der Waals surface area contributed by atoms with Gasteiger partial charge in [0.2, 0.25) is 0 Å². The highest BCUT2D eigenvalue weighted by Gasteiger charge is 2.37. The third kappa shape index (κ3) is 4.33. The van der Waals surface area contributed by atoms with Crippen molar-refractivity contribution in [1.29, 1.82) is 0 Å². The predicted molar refractivity (Wildman–Crippen MR) is 99.1 cm³/mol. The van der Waals surface area contributed by atoms with E-state index in [0.717, 1.165) is 12.2 Å². The predicted octanol–water partition coefficient (Wildman–Crippen LogP) is 3.35. The number of anilines is 1. The number of nitro groups is 1. The second-order valence-electron chi connectivity index (χ2n) is 6.12. The molecule has 142 valence electrons. The van der Waals surface area contributed by atoms with Crippen LogP contribution in [0.2, 0.25) is 0 Å². The van der Waals surface area contributed by atoms with Gasteiger partial charge in [-0.1, -0.05) is 25.1 Å². The Kier molecular flexibility index (Phi) is 5.85. The number of ether oxygens (including phenoxy) is 2. The molecule has 3 rings (SSSR count). The maximum absolute atomic E-state index is 12.6. The molecule has 8 heteroatoms. The van der Waals surface area contributed by atoms with E-state index in [1.54, 1.807) is 0 Å². The first-order chi connectivity index (χ1) is 13.1. The zero-order chi connectivity index (χ0) is 19.2. The number of pyridine rings is 1. The molecule has 0 saturated heterocycles. The Morgan fingerprint density at radius 2 is 2.00 bits per heavy atom. The van der Waals surface area contributed by atoms with Gasteiger partial charge in [-0.15, -0.1) is 0 Å². The number of hydrogen-bond donors (Lipinski definition) is 0. The Labute approximate surface area is 156 Å². The summed E-state index contributed by atoms with van der Waals surface area (Å²) in [6.07, 6.45) is 1.34. The molecule has 0 saturated carbocycles. The Hall–Kier alpha value is -3.16. The van der Waals surface area contributed by atoms with Crippen LogP contribution in [0.4, 0.5) is 11.6 Å².